The molecule has 1 aliphatic carbocycles. The van der Waals surface area contributed by atoms with Crippen LogP contribution < -0.4 is 0 Å². The molecule has 1 saturated carbocycles. The van der Waals surface area contributed by atoms with Gasteiger partial charge >= 0.3 is 5.97 Å². The second kappa shape index (κ2) is 5.69. The number of hydrogen-bond acceptors (Lipinski definition) is 3. The van der Waals surface area contributed by atoms with Gasteiger partial charge in [-0.15, -0.1) is 0 Å². The van der Waals surface area contributed by atoms with Crippen molar-refractivity contribution in [3.05, 3.63) is 0 Å². The van der Waals surface area contributed by atoms with Gasteiger partial charge in [0, 0.05) is 26.1 Å². The van der Waals surface area contributed by atoms with Gasteiger partial charge in [-0.25, -0.2) is 0 Å². The SMILES string of the molecule is CC(=O)N(C[C@@H]1CCCN(CC(=O)O)C1)C1CC1. The van der Waals surface area contributed by atoms with Gasteiger partial charge in [-0.3, -0.25) is 14.5 Å². The van der Waals surface area contributed by atoms with Crippen LogP contribution in [0.2, 0.25) is 0 Å². The first-order valence-electron chi connectivity index (χ1n) is 6.77. The molecule has 0 aromatic carbocycles. The van der Waals surface area contributed by atoms with E-state index in [-0.39, 0.29) is 12.5 Å². The van der Waals surface area contributed by atoms with Crippen molar-refractivity contribution in [2.75, 3.05) is 26.2 Å². The first kappa shape index (κ1) is 13.3. The van der Waals surface area contributed by atoms with Crippen LogP contribution in [0.1, 0.15) is 32.6 Å². The molecule has 0 unspecified atom stereocenters. The molecule has 1 heterocycles. The number of carbonyl (C=O) groups is 2. The summed E-state index contributed by atoms with van der Waals surface area (Å²) in [6.07, 6.45) is 4.40. The summed E-state index contributed by atoms with van der Waals surface area (Å²) >= 11 is 0. The van der Waals surface area contributed by atoms with Gasteiger partial charge < -0.3 is 10.0 Å². The van der Waals surface area contributed by atoms with Crippen LogP contribution in [0.25, 0.3) is 0 Å². The second-order valence-corrected chi connectivity index (χ2v) is 5.54. The van der Waals surface area contributed by atoms with Gasteiger partial charge in [0.25, 0.3) is 0 Å². The number of nitrogens with zero attached hydrogens (tertiary/aromatic N) is 2. The van der Waals surface area contributed by atoms with Crippen molar-refractivity contribution in [2.24, 2.45) is 5.92 Å². The van der Waals surface area contributed by atoms with E-state index in [1.807, 2.05) is 9.80 Å². The number of carbonyl (C=O) groups excluding carboxylic acids is 1. The first-order valence-corrected chi connectivity index (χ1v) is 6.77. The van der Waals surface area contributed by atoms with E-state index in [2.05, 4.69) is 0 Å². The van der Waals surface area contributed by atoms with Crippen LogP contribution in [-0.2, 0) is 9.59 Å². The zero-order chi connectivity index (χ0) is 13.1. The molecule has 2 rings (SSSR count). The molecule has 0 radical (unpaired) electrons. The number of piperidine rings is 1. The van der Waals surface area contributed by atoms with Crippen molar-refractivity contribution in [3.8, 4) is 0 Å². The van der Waals surface area contributed by atoms with Crippen LogP contribution in [0.4, 0.5) is 0 Å². The molecule has 0 bridgehead atoms. The van der Waals surface area contributed by atoms with Crippen LogP contribution in [0.15, 0.2) is 0 Å². The Bertz CT molecular complexity index is 328. The third kappa shape index (κ3) is 3.70. The zero-order valence-electron chi connectivity index (χ0n) is 11.0. The van der Waals surface area contributed by atoms with E-state index < -0.39 is 5.97 Å². The van der Waals surface area contributed by atoms with E-state index in [4.69, 9.17) is 5.11 Å². The number of carboxylic acids is 1. The highest BCUT2D eigenvalue weighted by Crippen LogP contribution is 2.29. The predicted octanol–water partition coefficient (Wildman–Crippen LogP) is 0.794. The van der Waals surface area contributed by atoms with Crippen molar-refractivity contribution in [2.45, 2.75) is 38.6 Å². The Morgan fingerprint density at radius 3 is 2.61 bits per heavy atom. The Balaban J connectivity index is 1.84. The maximum atomic E-state index is 11.6. The summed E-state index contributed by atoms with van der Waals surface area (Å²) in [6.45, 7) is 4.24. The molecule has 1 atom stereocenters. The van der Waals surface area contributed by atoms with Crippen LogP contribution in [-0.4, -0.2) is 59.0 Å². The van der Waals surface area contributed by atoms with Crippen LogP contribution in [0.3, 0.4) is 0 Å². The highest BCUT2D eigenvalue weighted by molar-refractivity contribution is 5.74. The number of aliphatic carboxylic acids is 1. The minimum Gasteiger partial charge on any atom is -0.480 e. The number of amides is 1. The maximum absolute atomic E-state index is 11.6. The molecule has 5 heteroatoms. The summed E-state index contributed by atoms with van der Waals surface area (Å²) in [5.74, 6) is -0.170. The zero-order valence-corrected chi connectivity index (χ0v) is 11.0. The van der Waals surface area contributed by atoms with Gasteiger partial charge in [0.2, 0.25) is 5.91 Å². The topological polar surface area (TPSA) is 60.9 Å². The molecular formula is C13H22N2O3. The molecular weight excluding hydrogens is 232 g/mol. The van der Waals surface area contributed by atoms with Gasteiger partial charge in [-0.1, -0.05) is 0 Å². The Kier molecular flexibility index (Phi) is 4.22. The summed E-state index contributed by atoms with van der Waals surface area (Å²) in [5.41, 5.74) is 0. The molecule has 0 aromatic rings. The molecule has 102 valence electrons. The normalized spacial score (nSPS) is 24.8. The van der Waals surface area contributed by atoms with Crippen LogP contribution >= 0.6 is 0 Å². The summed E-state index contributed by atoms with van der Waals surface area (Å²) < 4.78 is 0. The lowest BCUT2D eigenvalue weighted by molar-refractivity contribution is -0.139. The third-order valence-corrected chi connectivity index (χ3v) is 3.81. The Hall–Kier alpha value is -1.10. The Labute approximate surface area is 108 Å². The summed E-state index contributed by atoms with van der Waals surface area (Å²) in [5, 5.41) is 8.81. The summed E-state index contributed by atoms with van der Waals surface area (Å²) in [6, 6.07) is 0.456. The lowest BCUT2D eigenvalue weighted by Gasteiger charge is -2.34. The quantitative estimate of drug-likeness (QED) is 0.788. The maximum Gasteiger partial charge on any atom is 0.317 e. The van der Waals surface area contributed by atoms with E-state index in [9.17, 15) is 9.59 Å². The second-order valence-electron chi connectivity index (χ2n) is 5.54. The standard InChI is InChI=1S/C13H22N2O3/c1-10(16)15(12-4-5-12)8-11-3-2-6-14(7-11)9-13(17)18/h11-12H,2-9H2,1H3,(H,17,18)/t11-/m1/s1. The molecule has 1 N–H and O–H groups in total. The third-order valence-electron chi connectivity index (χ3n) is 3.81. The van der Waals surface area contributed by atoms with Crippen molar-refractivity contribution >= 4 is 11.9 Å². The van der Waals surface area contributed by atoms with Gasteiger partial charge in [0.05, 0.1) is 6.54 Å². The average Bonchev–Trinajstić information content (AvgIpc) is 3.09. The van der Waals surface area contributed by atoms with Gasteiger partial charge in [-0.05, 0) is 38.1 Å². The van der Waals surface area contributed by atoms with Crippen molar-refractivity contribution < 1.29 is 14.7 Å². The fourth-order valence-electron chi connectivity index (χ4n) is 2.83. The van der Waals surface area contributed by atoms with E-state index in [1.165, 1.54) is 0 Å². The highest BCUT2D eigenvalue weighted by Gasteiger charge is 2.33. The van der Waals surface area contributed by atoms with Gasteiger partial charge in [0.1, 0.15) is 0 Å². The molecule has 0 spiro atoms. The van der Waals surface area contributed by atoms with E-state index in [0.717, 1.165) is 45.3 Å². The predicted molar refractivity (Wildman–Crippen MR) is 67.2 cm³/mol. The fourth-order valence-corrected chi connectivity index (χ4v) is 2.83. The molecule has 0 aromatic heterocycles. The first-order chi connectivity index (χ1) is 8.56. The van der Waals surface area contributed by atoms with E-state index >= 15 is 0 Å². The number of rotatable bonds is 5. The van der Waals surface area contributed by atoms with Crippen molar-refractivity contribution in [3.63, 3.8) is 0 Å². The minimum absolute atomic E-state index is 0.125. The van der Waals surface area contributed by atoms with Gasteiger partial charge in [0.15, 0.2) is 0 Å². The van der Waals surface area contributed by atoms with Crippen LogP contribution in [0, 0.1) is 5.92 Å². The highest BCUT2D eigenvalue weighted by atomic mass is 16.4. The molecule has 2 fully saturated rings. The summed E-state index contributed by atoms with van der Waals surface area (Å²) in [7, 11) is 0. The van der Waals surface area contributed by atoms with Crippen LogP contribution in [0.5, 0.6) is 0 Å². The lowest BCUT2D eigenvalue weighted by Crippen LogP contribution is -2.44. The van der Waals surface area contributed by atoms with E-state index in [1.54, 1.807) is 6.92 Å². The van der Waals surface area contributed by atoms with E-state index in [0.29, 0.717) is 12.0 Å². The Morgan fingerprint density at radius 1 is 1.33 bits per heavy atom. The number of carboxylic acid groups (broad SMARTS) is 1. The van der Waals surface area contributed by atoms with Gasteiger partial charge in [-0.2, -0.15) is 0 Å². The van der Waals surface area contributed by atoms with Crippen molar-refractivity contribution in [1.29, 1.82) is 0 Å². The molecule has 1 amide bonds. The number of hydrogen-bond donors (Lipinski definition) is 1. The summed E-state index contributed by atoms with van der Waals surface area (Å²) in [4.78, 5) is 26.3. The molecule has 18 heavy (non-hydrogen) atoms. The number of likely N-dealkylation sites (tertiary alicyclic amines) is 1. The monoisotopic (exact) mass is 254 g/mol. The molecule has 2 aliphatic rings. The smallest absolute Gasteiger partial charge is 0.317 e. The molecule has 1 aliphatic heterocycles. The molecule has 5 nitrogen and oxygen atoms in total. The fraction of sp³-hybridized carbons (Fsp3) is 0.846. The largest absolute Gasteiger partial charge is 0.480 e. The lowest BCUT2D eigenvalue weighted by atomic mass is 9.97. The Morgan fingerprint density at radius 2 is 2.06 bits per heavy atom. The average molecular weight is 254 g/mol. The van der Waals surface area contributed by atoms with Crippen molar-refractivity contribution in [1.82, 2.24) is 9.80 Å². The minimum atomic E-state index is -0.763. The molecule has 1 saturated heterocycles.